The maximum Gasteiger partial charge on any atom is 0.435 e. The Morgan fingerprint density at radius 2 is 2.21 bits per heavy atom. The first-order chi connectivity index (χ1) is 11.3. The number of esters is 1. The summed E-state index contributed by atoms with van der Waals surface area (Å²) >= 11 is 0. The van der Waals surface area contributed by atoms with E-state index in [0.29, 0.717) is 5.69 Å². The van der Waals surface area contributed by atoms with Crippen molar-refractivity contribution >= 4 is 11.9 Å². The van der Waals surface area contributed by atoms with E-state index in [1.165, 1.54) is 13.2 Å². The van der Waals surface area contributed by atoms with Crippen LogP contribution in [0.1, 0.15) is 17.0 Å². The van der Waals surface area contributed by atoms with Crippen LogP contribution in [0.4, 0.5) is 13.2 Å². The van der Waals surface area contributed by atoms with Gasteiger partial charge in [-0.3, -0.25) is 9.48 Å². The van der Waals surface area contributed by atoms with E-state index in [-0.39, 0.29) is 38.3 Å². The van der Waals surface area contributed by atoms with Gasteiger partial charge in [0.25, 0.3) is 0 Å². The van der Waals surface area contributed by atoms with Crippen LogP contribution in [0.15, 0.2) is 12.2 Å². The molecule has 1 aromatic heterocycles. The third-order valence-corrected chi connectivity index (χ3v) is 3.33. The molecule has 132 valence electrons. The predicted octanol–water partition coefficient (Wildman–Crippen LogP) is 0.820. The van der Waals surface area contributed by atoms with E-state index in [1.54, 1.807) is 0 Å². The van der Waals surface area contributed by atoms with Crippen LogP contribution in [0.3, 0.4) is 0 Å². The molecule has 0 bridgehead atoms. The minimum atomic E-state index is -4.60. The number of methoxy groups -OCH3 is 1. The number of amides is 1. The minimum absolute atomic E-state index is 0.0212. The lowest BCUT2D eigenvalue weighted by Gasteiger charge is -2.15. The Morgan fingerprint density at radius 3 is 2.88 bits per heavy atom. The number of ether oxygens (including phenoxy) is 2. The van der Waals surface area contributed by atoms with Crippen LogP contribution in [0.5, 0.6) is 0 Å². The maximum atomic E-state index is 13.0. The molecule has 1 aromatic rings. The van der Waals surface area contributed by atoms with Gasteiger partial charge in [-0.15, -0.1) is 0 Å². The van der Waals surface area contributed by atoms with Crippen molar-refractivity contribution in [1.82, 2.24) is 15.1 Å². The molecule has 0 fully saturated rings. The summed E-state index contributed by atoms with van der Waals surface area (Å²) in [6.45, 7) is -0.190. The van der Waals surface area contributed by atoms with Crippen LogP contribution in [0.25, 0.3) is 0 Å². The summed E-state index contributed by atoms with van der Waals surface area (Å²) in [5, 5.41) is 5.99. The van der Waals surface area contributed by atoms with Crippen molar-refractivity contribution in [2.45, 2.75) is 25.7 Å². The zero-order valence-electron chi connectivity index (χ0n) is 12.9. The van der Waals surface area contributed by atoms with Crippen LogP contribution in [0.2, 0.25) is 0 Å². The standard InChI is InChI=1S/C14H16F3N3O4/c1-23-12(22)3-2-5-18-11(21)7-20-10-4-6-24-8-9(10)13(19-20)14(15,16)17/h2-3H,4-8H2,1H3,(H,18,21)/b3-2+. The van der Waals surface area contributed by atoms with E-state index in [4.69, 9.17) is 4.74 Å². The van der Waals surface area contributed by atoms with Crippen molar-refractivity contribution in [3.05, 3.63) is 29.1 Å². The SMILES string of the molecule is COC(=O)/C=C/CNC(=O)Cn1nc(C(F)(F)F)c2c1CCOC2. The molecule has 0 aliphatic carbocycles. The number of nitrogens with one attached hydrogen (secondary N) is 1. The van der Waals surface area contributed by atoms with Crippen LogP contribution >= 0.6 is 0 Å². The zero-order chi connectivity index (χ0) is 17.7. The Balaban J connectivity index is 2.04. The quantitative estimate of drug-likeness (QED) is 0.630. The molecule has 0 radical (unpaired) electrons. The molecule has 1 aliphatic rings. The number of carbonyl (C=O) groups excluding carboxylic acids is 2. The fourth-order valence-electron chi connectivity index (χ4n) is 2.26. The highest BCUT2D eigenvalue weighted by Gasteiger charge is 2.40. The molecule has 0 spiro atoms. The average Bonchev–Trinajstić information content (AvgIpc) is 2.90. The van der Waals surface area contributed by atoms with Gasteiger partial charge in [-0.25, -0.2) is 4.79 Å². The largest absolute Gasteiger partial charge is 0.466 e. The van der Waals surface area contributed by atoms with Gasteiger partial charge in [0.2, 0.25) is 5.91 Å². The first kappa shape index (κ1) is 18.0. The van der Waals surface area contributed by atoms with Crippen molar-refractivity contribution in [3.8, 4) is 0 Å². The molecule has 2 rings (SSSR count). The summed E-state index contributed by atoms with van der Waals surface area (Å²) in [6, 6.07) is 0. The van der Waals surface area contributed by atoms with E-state index in [2.05, 4.69) is 15.2 Å². The Hall–Kier alpha value is -2.36. The molecule has 24 heavy (non-hydrogen) atoms. The van der Waals surface area contributed by atoms with E-state index >= 15 is 0 Å². The van der Waals surface area contributed by atoms with E-state index in [0.717, 1.165) is 10.8 Å². The number of nitrogens with zero attached hydrogens (tertiary/aromatic N) is 2. The fraction of sp³-hybridized carbons (Fsp3) is 0.500. The van der Waals surface area contributed by atoms with Gasteiger partial charge in [0.1, 0.15) is 6.54 Å². The van der Waals surface area contributed by atoms with Gasteiger partial charge >= 0.3 is 12.1 Å². The first-order valence-electron chi connectivity index (χ1n) is 7.07. The zero-order valence-corrected chi connectivity index (χ0v) is 12.9. The Morgan fingerprint density at radius 1 is 1.46 bits per heavy atom. The molecule has 0 aromatic carbocycles. The molecular formula is C14H16F3N3O4. The van der Waals surface area contributed by atoms with Gasteiger partial charge in [0, 0.05) is 30.3 Å². The van der Waals surface area contributed by atoms with Gasteiger partial charge in [0.05, 0.1) is 20.3 Å². The van der Waals surface area contributed by atoms with Gasteiger partial charge in [-0.05, 0) is 0 Å². The lowest BCUT2D eigenvalue weighted by atomic mass is 10.1. The number of rotatable bonds is 5. The molecule has 1 aliphatic heterocycles. The Kier molecular flexibility index (Phi) is 5.60. The van der Waals surface area contributed by atoms with Crippen LogP contribution < -0.4 is 5.32 Å². The monoisotopic (exact) mass is 347 g/mol. The number of carbonyl (C=O) groups is 2. The molecule has 0 saturated heterocycles. The number of halogens is 3. The molecule has 10 heteroatoms. The highest BCUT2D eigenvalue weighted by atomic mass is 19.4. The third kappa shape index (κ3) is 4.34. The number of hydrogen-bond donors (Lipinski definition) is 1. The molecule has 1 amide bonds. The molecule has 0 saturated carbocycles. The summed E-state index contributed by atoms with van der Waals surface area (Å²) in [6.07, 6.45) is -1.84. The lowest BCUT2D eigenvalue weighted by Crippen LogP contribution is -2.29. The topological polar surface area (TPSA) is 82.5 Å². The van der Waals surface area contributed by atoms with Gasteiger partial charge in [-0.1, -0.05) is 6.08 Å². The van der Waals surface area contributed by atoms with Crippen LogP contribution in [0, 0.1) is 0 Å². The van der Waals surface area contributed by atoms with E-state index in [9.17, 15) is 22.8 Å². The average molecular weight is 347 g/mol. The van der Waals surface area contributed by atoms with Crippen molar-refractivity contribution in [2.75, 3.05) is 20.3 Å². The van der Waals surface area contributed by atoms with Crippen molar-refractivity contribution in [2.24, 2.45) is 0 Å². The summed E-state index contributed by atoms with van der Waals surface area (Å²) < 4.78 is 49.5. The lowest BCUT2D eigenvalue weighted by molar-refractivity contribution is -0.143. The van der Waals surface area contributed by atoms with Crippen LogP contribution in [-0.2, 0) is 44.8 Å². The number of hydrogen-bond acceptors (Lipinski definition) is 5. The van der Waals surface area contributed by atoms with Gasteiger partial charge < -0.3 is 14.8 Å². The summed E-state index contributed by atoms with van der Waals surface area (Å²) in [5.41, 5.74) is -0.684. The van der Waals surface area contributed by atoms with E-state index in [1.807, 2.05) is 0 Å². The fourth-order valence-corrected chi connectivity index (χ4v) is 2.26. The van der Waals surface area contributed by atoms with Crippen LogP contribution in [-0.4, -0.2) is 41.9 Å². The smallest absolute Gasteiger partial charge is 0.435 e. The highest BCUT2D eigenvalue weighted by molar-refractivity contribution is 5.82. The summed E-state index contributed by atoms with van der Waals surface area (Å²) in [4.78, 5) is 22.7. The molecule has 0 unspecified atom stereocenters. The van der Waals surface area contributed by atoms with Crippen molar-refractivity contribution in [1.29, 1.82) is 0 Å². The second-order valence-electron chi connectivity index (χ2n) is 4.96. The van der Waals surface area contributed by atoms with E-state index < -0.39 is 23.7 Å². The molecular weight excluding hydrogens is 331 g/mol. The number of aromatic nitrogens is 2. The normalized spacial score (nSPS) is 14.5. The molecule has 1 N–H and O–H groups in total. The third-order valence-electron chi connectivity index (χ3n) is 3.33. The van der Waals surface area contributed by atoms with Gasteiger partial charge in [0.15, 0.2) is 5.69 Å². The maximum absolute atomic E-state index is 13.0. The molecule has 7 nitrogen and oxygen atoms in total. The predicted molar refractivity (Wildman–Crippen MR) is 74.8 cm³/mol. The van der Waals surface area contributed by atoms with Crippen molar-refractivity contribution < 1.29 is 32.2 Å². The second-order valence-corrected chi connectivity index (χ2v) is 4.96. The van der Waals surface area contributed by atoms with Crippen molar-refractivity contribution in [3.63, 3.8) is 0 Å². The Labute approximate surface area is 135 Å². The number of alkyl halides is 3. The first-order valence-corrected chi connectivity index (χ1v) is 7.07. The number of fused-ring (bicyclic) bond motifs is 1. The van der Waals surface area contributed by atoms with Gasteiger partial charge in [-0.2, -0.15) is 18.3 Å². The molecule has 2 heterocycles. The second kappa shape index (κ2) is 7.47. The minimum Gasteiger partial charge on any atom is -0.466 e. The summed E-state index contributed by atoms with van der Waals surface area (Å²) in [5.74, 6) is -1.09. The highest BCUT2D eigenvalue weighted by Crippen LogP contribution is 2.34. The summed E-state index contributed by atoms with van der Waals surface area (Å²) in [7, 11) is 1.22. The molecule has 0 atom stereocenters. The Bertz CT molecular complexity index is 652.